The lowest BCUT2D eigenvalue weighted by atomic mass is 10.1. The van der Waals surface area contributed by atoms with E-state index in [1.807, 2.05) is 31.3 Å². The third-order valence-corrected chi connectivity index (χ3v) is 4.93. The molecule has 6 nitrogen and oxygen atoms in total. The largest absolute Gasteiger partial charge is 0.380 e. The van der Waals surface area contributed by atoms with E-state index in [0.717, 1.165) is 43.0 Å². The number of hydrogen-bond acceptors (Lipinski definition) is 4. The van der Waals surface area contributed by atoms with Crippen molar-refractivity contribution in [3.63, 3.8) is 0 Å². The predicted molar refractivity (Wildman–Crippen MR) is 110 cm³/mol. The molecule has 1 aliphatic rings. The molecule has 0 saturated carbocycles. The average Bonchev–Trinajstić information content (AvgIpc) is 2.74. The summed E-state index contributed by atoms with van der Waals surface area (Å²) in [7, 11) is 3.49. The first kappa shape index (κ1) is 20.2. The smallest absolute Gasteiger partial charge is 0.317 e. The van der Waals surface area contributed by atoms with Gasteiger partial charge in [-0.25, -0.2) is 4.79 Å². The Bertz CT molecular complexity index is 758. The van der Waals surface area contributed by atoms with Crippen LogP contribution in [0.3, 0.4) is 0 Å². The first-order chi connectivity index (χ1) is 13.7. The summed E-state index contributed by atoms with van der Waals surface area (Å²) >= 11 is 0. The van der Waals surface area contributed by atoms with Crippen molar-refractivity contribution in [1.29, 1.82) is 0 Å². The molecule has 3 rings (SSSR count). The molecule has 2 aromatic carbocycles. The van der Waals surface area contributed by atoms with E-state index in [4.69, 9.17) is 9.47 Å². The van der Waals surface area contributed by atoms with Crippen LogP contribution in [0.2, 0.25) is 0 Å². The van der Waals surface area contributed by atoms with Gasteiger partial charge in [-0.15, -0.1) is 0 Å². The summed E-state index contributed by atoms with van der Waals surface area (Å²) in [6, 6.07) is 16.3. The molecule has 1 saturated heterocycles. The van der Waals surface area contributed by atoms with Gasteiger partial charge in [0.05, 0.1) is 19.8 Å². The molecular formula is C22H29N3O3. The Kier molecular flexibility index (Phi) is 7.28. The summed E-state index contributed by atoms with van der Waals surface area (Å²) in [5.74, 6) is 0. The van der Waals surface area contributed by atoms with E-state index in [1.54, 1.807) is 12.0 Å². The molecule has 0 atom stereocenters. The topological polar surface area (TPSA) is 54.0 Å². The number of morpholine rings is 1. The van der Waals surface area contributed by atoms with E-state index in [0.29, 0.717) is 19.7 Å². The summed E-state index contributed by atoms with van der Waals surface area (Å²) in [5, 5.41) is 2.99. The van der Waals surface area contributed by atoms with Crippen LogP contribution in [0.4, 0.5) is 10.5 Å². The molecule has 1 fully saturated rings. The van der Waals surface area contributed by atoms with Crippen molar-refractivity contribution in [1.82, 2.24) is 10.2 Å². The zero-order valence-corrected chi connectivity index (χ0v) is 16.7. The van der Waals surface area contributed by atoms with Crippen molar-refractivity contribution in [2.45, 2.75) is 19.7 Å². The number of carbonyl (C=O) groups is 1. The highest BCUT2D eigenvalue weighted by atomic mass is 16.5. The molecular weight excluding hydrogens is 354 g/mol. The lowest BCUT2D eigenvalue weighted by Gasteiger charge is -2.29. The second kappa shape index (κ2) is 10.1. The minimum absolute atomic E-state index is 0.0931. The zero-order chi connectivity index (χ0) is 19.8. The summed E-state index contributed by atoms with van der Waals surface area (Å²) in [6.45, 7) is 4.99. The van der Waals surface area contributed by atoms with Crippen molar-refractivity contribution in [3.05, 3.63) is 65.2 Å². The normalized spacial score (nSPS) is 14.0. The molecule has 2 aromatic rings. The standard InChI is InChI=1S/C22H29N3O3/c1-24(22(26)23-15-19-5-3-4-6-20(19)17-27-2)16-18-7-9-21(10-8-18)25-11-13-28-14-12-25/h3-10H,11-17H2,1-2H3,(H,23,26). The lowest BCUT2D eigenvalue weighted by Crippen LogP contribution is -2.37. The number of benzene rings is 2. The molecule has 0 spiro atoms. The highest BCUT2D eigenvalue weighted by Crippen LogP contribution is 2.17. The zero-order valence-electron chi connectivity index (χ0n) is 16.7. The van der Waals surface area contributed by atoms with Crippen molar-refractivity contribution in [2.24, 2.45) is 0 Å². The SMILES string of the molecule is COCc1ccccc1CNC(=O)N(C)Cc1ccc(N2CCOCC2)cc1. The number of methoxy groups -OCH3 is 1. The fourth-order valence-corrected chi connectivity index (χ4v) is 3.31. The van der Waals surface area contributed by atoms with Gasteiger partial charge < -0.3 is 24.6 Å². The van der Waals surface area contributed by atoms with Crippen LogP contribution in [0.5, 0.6) is 0 Å². The summed E-state index contributed by atoms with van der Waals surface area (Å²) in [6.07, 6.45) is 0. The van der Waals surface area contributed by atoms with Gasteiger partial charge in [0.1, 0.15) is 0 Å². The molecule has 1 aliphatic heterocycles. The van der Waals surface area contributed by atoms with Crippen LogP contribution in [-0.2, 0) is 29.2 Å². The van der Waals surface area contributed by atoms with Crippen LogP contribution in [0.15, 0.2) is 48.5 Å². The predicted octanol–water partition coefficient (Wildman–Crippen LogP) is 3.01. The molecule has 6 heteroatoms. The van der Waals surface area contributed by atoms with Gasteiger partial charge in [0.25, 0.3) is 0 Å². The van der Waals surface area contributed by atoms with Crippen LogP contribution in [0.1, 0.15) is 16.7 Å². The molecule has 28 heavy (non-hydrogen) atoms. The minimum atomic E-state index is -0.0931. The lowest BCUT2D eigenvalue weighted by molar-refractivity contribution is 0.122. The van der Waals surface area contributed by atoms with Crippen LogP contribution in [0, 0.1) is 0 Å². The van der Waals surface area contributed by atoms with Gasteiger partial charge in [-0.2, -0.15) is 0 Å². The highest BCUT2D eigenvalue weighted by molar-refractivity contribution is 5.73. The summed E-state index contributed by atoms with van der Waals surface area (Å²) in [4.78, 5) is 16.5. The van der Waals surface area contributed by atoms with Crippen molar-refractivity contribution >= 4 is 11.7 Å². The van der Waals surface area contributed by atoms with E-state index < -0.39 is 0 Å². The number of hydrogen-bond donors (Lipinski definition) is 1. The third kappa shape index (κ3) is 5.47. The fourth-order valence-electron chi connectivity index (χ4n) is 3.31. The average molecular weight is 383 g/mol. The van der Waals surface area contributed by atoms with E-state index in [9.17, 15) is 4.79 Å². The summed E-state index contributed by atoms with van der Waals surface area (Å²) < 4.78 is 10.6. The van der Waals surface area contributed by atoms with Crippen molar-refractivity contribution < 1.29 is 14.3 Å². The monoisotopic (exact) mass is 383 g/mol. The number of nitrogens with one attached hydrogen (secondary N) is 1. The van der Waals surface area contributed by atoms with Crippen LogP contribution in [0.25, 0.3) is 0 Å². The first-order valence-corrected chi connectivity index (χ1v) is 9.63. The molecule has 2 amide bonds. The fraction of sp³-hybridized carbons (Fsp3) is 0.409. The Balaban J connectivity index is 1.51. The number of amides is 2. The Morgan fingerprint density at radius 1 is 1.11 bits per heavy atom. The van der Waals surface area contributed by atoms with Crippen molar-refractivity contribution in [3.8, 4) is 0 Å². The Labute approximate surface area is 167 Å². The molecule has 1 N–H and O–H groups in total. The van der Waals surface area contributed by atoms with Crippen LogP contribution >= 0.6 is 0 Å². The number of anilines is 1. The second-order valence-electron chi connectivity index (χ2n) is 6.98. The molecule has 150 valence electrons. The maximum Gasteiger partial charge on any atom is 0.317 e. The molecule has 0 radical (unpaired) electrons. The first-order valence-electron chi connectivity index (χ1n) is 9.63. The quantitative estimate of drug-likeness (QED) is 0.799. The molecule has 1 heterocycles. The number of nitrogens with zero attached hydrogens (tertiary/aromatic N) is 2. The van der Waals surface area contributed by atoms with Gasteiger partial charge in [0.15, 0.2) is 0 Å². The van der Waals surface area contributed by atoms with Crippen LogP contribution < -0.4 is 10.2 Å². The molecule has 0 unspecified atom stereocenters. The van der Waals surface area contributed by atoms with Gasteiger partial charge in [-0.1, -0.05) is 36.4 Å². The third-order valence-electron chi connectivity index (χ3n) is 4.93. The summed E-state index contributed by atoms with van der Waals surface area (Å²) in [5.41, 5.74) is 4.47. The van der Waals surface area contributed by atoms with Gasteiger partial charge in [0.2, 0.25) is 0 Å². The maximum absolute atomic E-state index is 12.5. The molecule has 0 aromatic heterocycles. The van der Waals surface area contributed by atoms with E-state index in [1.165, 1.54) is 5.69 Å². The highest BCUT2D eigenvalue weighted by Gasteiger charge is 2.13. The van der Waals surface area contributed by atoms with Gasteiger partial charge >= 0.3 is 6.03 Å². The number of carbonyl (C=O) groups excluding carboxylic acids is 1. The van der Waals surface area contributed by atoms with E-state index in [2.05, 4.69) is 34.5 Å². The van der Waals surface area contributed by atoms with Gasteiger partial charge in [-0.05, 0) is 28.8 Å². The number of ether oxygens (including phenoxy) is 2. The number of rotatable bonds is 7. The minimum Gasteiger partial charge on any atom is -0.380 e. The Morgan fingerprint density at radius 3 is 2.46 bits per heavy atom. The van der Waals surface area contributed by atoms with Crippen molar-refractivity contribution in [2.75, 3.05) is 45.4 Å². The van der Waals surface area contributed by atoms with E-state index in [-0.39, 0.29) is 6.03 Å². The van der Waals surface area contributed by atoms with Gasteiger partial charge in [0, 0.05) is 46.0 Å². The Morgan fingerprint density at radius 2 is 1.79 bits per heavy atom. The molecule has 0 aliphatic carbocycles. The van der Waals surface area contributed by atoms with Gasteiger partial charge in [-0.3, -0.25) is 0 Å². The number of urea groups is 1. The molecule has 0 bridgehead atoms. The Hall–Kier alpha value is -2.57. The maximum atomic E-state index is 12.5. The van der Waals surface area contributed by atoms with E-state index >= 15 is 0 Å². The second-order valence-corrected chi connectivity index (χ2v) is 6.98. The van der Waals surface area contributed by atoms with Crippen LogP contribution in [-0.4, -0.2) is 51.4 Å².